The summed E-state index contributed by atoms with van der Waals surface area (Å²) < 4.78 is 63.7. The number of hydrogen-bond acceptors (Lipinski definition) is 6. The van der Waals surface area contributed by atoms with Gasteiger partial charge in [-0.1, -0.05) is 31.9 Å². The van der Waals surface area contributed by atoms with Crippen LogP contribution in [0.1, 0.15) is 0 Å². The fourth-order valence-electron chi connectivity index (χ4n) is 1.20. The van der Waals surface area contributed by atoms with E-state index in [1.54, 1.807) is 0 Å². The molecule has 0 N–H and O–H groups in total. The standard InChI is InChI=1S/2C6H5BrO3S.Hg/c2*7-5-1-3-6(4-2-5)11(8,9)10;/h2*1-4H,(H,8,9,10);/q;;+2/p-2. The number of rotatable bonds is 2. The SMILES string of the molecule is O=S(=O)([O-])c1ccc(Br)cc1.O=S(=O)([O-])c1ccc(Br)cc1.[Hg+2]. The van der Waals surface area contributed by atoms with E-state index in [-0.39, 0.29) is 37.5 Å². The minimum absolute atomic E-state index is 0. The second kappa shape index (κ2) is 9.59. The molecule has 0 spiro atoms. The topological polar surface area (TPSA) is 114 Å². The zero-order valence-electron chi connectivity index (χ0n) is 11.3. The van der Waals surface area contributed by atoms with E-state index in [1.165, 1.54) is 48.5 Å². The maximum Gasteiger partial charge on any atom is 2.00 e. The van der Waals surface area contributed by atoms with Crippen LogP contribution in [0.4, 0.5) is 0 Å². The van der Waals surface area contributed by atoms with Crippen molar-refractivity contribution >= 4 is 52.1 Å². The molecular weight excluding hydrogens is 665 g/mol. The number of halogens is 2. The van der Waals surface area contributed by atoms with Crippen molar-refractivity contribution < 1.29 is 53.6 Å². The Kier molecular flexibility index (Phi) is 9.65. The van der Waals surface area contributed by atoms with Gasteiger partial charge in [0.25, 0.3) is 0 Å². The molecule has 0 saturated carbocycles. The fourth-order valence-corrected chi connectivity index (χ4v) is 2.67. The van der Waals surface area contributed by atoms with E-state index in [1.807, 2.05) is 0 Å². The summed E-state index contributed by atoms with van der Waals surface area (Å²) in [6.07, 6.45) is 0. The smallest absolute Gasteiger partial charge is 0.744 e. The van der Waals surface area contributed by atoms with E-state index in [4.69, 9.17) is 0 Å². The molecule has 0 heterocycles. The molecule has 2 aromatic rings. The molecule has 0 saturated heterocycles. The molecule has 6 nitrogen and oxygen atoms in total. The van der Waals surface area contributed by atoms with Crippen molar-refractivity contribution in [3.05, 3.63) is 57.5 Å². The summed E-state index contributed by atoms with van der Waals surface area (Å²) in [5.74, 6) is 0. The summed E-state index contributed by atoms with van der Waals surface area (Å²) in [6, 6.07) is 11.0. The van der Waals surface area contributed by atoms with Gasteiger partial charge >= 0.3 is 27.7 Å². The average molecular weight is 673 g/mol. The zero-order valence-corrected chi connectivity index (χ0v) is 21.7. The van der Waals surface area contributed by atoms with Gasteiger partial charge in [-0.3, -0.25) is 0 Å². The molecule has 120 valence electrons. The molecule has 0 amide bonds. The van der Waals surface area contributed by atoms with Crippen LogP contribution in [0.25, 0.3) is 0 Å². The molecule has 0 atom stereocenters. The van der Waals surface area contributed by atoms with Crippen LogP contribution in [-0.4, -0.2) is 25.9 Å². The molecule has 0 aliphatic carbocycles. The van der Waals surface area contributed by atoms with Crippen molar-refractivity contribution in [1.29, 1.82) is 0 Å². The molecular formula is C12H8Br2HgO6S2. The van der Waals surface area contributed by atoms with Crippen molar-refractivity contribution in [3.63, 3.8) is 0 Å². The maximum atomic E-state index is 10.4. The molecule has 0 radical (unpaired) electrons. The van der Waals surface area contributed by atoms with Crippen LogP contribution in [0.5, 0.6) is 0 Å². The van der Waals surface area contributed by atoms with E-state index in [9.17, 15) is 25.9 Å². The van der Waals surface area contributed by atoms with Gasteiger partial charge in [0, 0.05) is 8.95 Å². The Hall–Kier alpha value is 0.155. The third-order valence-corrected chi connectivity index (χ3v) is 4.96. The van der Waals surface area contributed by atoms with E-state index in [0.717, 1.165) is 8.95 Å². The van der Waals surface area contributed by atoms with Crippen LogP contribution in [0.15, 0.2) is 67.3 Å². The van der Waals surface area contributed by atoms with Crippen molar-refractivity contribution in [2.45, 2.75) is 9.79 Å². The Bertz CT molecular complexity index is 761. The first-order chi connectivity index (χ1) is 10.00. The normalized spacial score (nSPS) is 11.0. The Balaban J connectivity index is 0.000000403. The Morgan fingerprint density at radius 1 is 0.609 bits per heavy atom. The van der Waals surface area contributed by atoms with E-state index in [2.05, 4.69) is 31.9 Å². The predicted molar refractivity (Wildman–Crippen MR) is 84.2 cm³/mol. The average Bonchev–Trinajstić information content (AvgIpc) is 2.38. The van der Waals surface area contributed by atoms with Gasteiger partial charge in [-0.15, -0.1) is 0 Å². The Morgan fingerprint density at radius 2 is 0.826 bits per heavy atom. The van der Waals surface area contributed by atoms with Crippen LogP contribution in [0.2, 0.25) is 0 Å². The van der Waals surface area contributed by atoms with Gasteiger partial charge in [-0.05, 0) is 48.5 Å². The monoisotopic (exact) mass is 672 g/mol. The predicted octanol–water partition coefficient (Wildman–Crippen LogP) is 2.70. The van der Waals surface area contributed by atoms with Gasteiger partial charge in [0.1, 0.15) is 20.2 Å². The van der Waals surface area contributed by atoms with Gasteiger partial charge in [0.05, 0.1) is 9.79 Å². The molecule has 0 bridgehead atoms. The molecule has 0 unspecified atom stereocenters. The van der Waals surface area contributed by atoms with Crippen molar-refractivity contribution in [1.82, 2.24) is 0 Å². The quantitative estimate of drug-likeness (QED) is 0.358. The van der Waals surface area contributed by atoms with Gasteiger partial charge in [0.2, 0.25) is 0 Å². The van der Waals surface area contributed by atoms with Crippen LogP contribution < -0.4 is 0 Å². The van der Waals surface area contributed by atoms with Crippen LogP contribution in [0, 0.1) is 0 Å². The summed E-state index contributed by atoms with van der Waals surface area (Å²) in [7, 11) is -8.58. The summed E-state index contributed by atoms with van der Waals surface area (Å²) in [4.78, 5) is -0.415. The molecule has 2 rings (SSSR count). The van der Waals surface area contributed by atoms with Crippen LogP contribution in [-0.2, 0) is 47.9 Å². The molecule has 23 heavy (non-hydrogen) atoms. The molecule has 0 aromatic heterocycles. The molecule has 0 fully saturated rings. The van der Waals surface area contributed by atoms with Crippen LogP contribution >= 0.6 is 31.9 Å². The first kappa shape index (κ1) is 23.2. The second-order valence-electron chi connectivity index (χ2n) is 3.82. The first-order valence-corrected chi connectivity index (χ1v) is 9.83. The molecule has 0 aliphatic rings. The second-order valence-corrected chi connectivity index (χ2v) is 8.41. The van der Waals surface area contributed by atoms with E-state index in [0.29, 0.717) is 0 Å². The Morgan fingerprint density at radius 3 is 1.00 bits per heavy atom. The maximum absolute atomic E-state index is 10.4. The summed E-state index contributed by atoms with van der Waals surface area (Å²) >= 11 is 6.23. The summed E-state index contributed by atoms with van der Waals surface area (Å²) in [5, 5.41) is 0. The first-order valence-electron chi connectivity index (χ1n) is 5.43. The minimum Gasteiger partial charge on any atom is -0.744 e. The molecule has 0 aliphatic heterocycles. The van der Waals surface area contributed by atoms with Gasteiger partial charge in [-0.2, -0.15) is 0 Å². The minimum atomic E-state index is -4.29. The van der Waals surface area contributed by atoms with Gasteiger partial charge < -0.3 is 9.11 Å². The number of hydrogen-bond donors (Lipinski definition) is 0. The fraction of sp³-hybridized carbons (Fsp3) is 0. The Labute approximate surface area is 171 Å². The molecule has 2 aromatic carbocycles. The van der Waals surface area contributed by atoms with Crippen LogP contribution in [0.3, 0.4) is 0 Å². The third-order valence-electron chi connectivity index (χ3n) is 2.20. The van der Waals surface area contributed by atoms with E-state index < -0.39 is 20.2 Å². The zero-order chi connectivity index (χ0) is 17.0. The summed E-state index contributed by atoms with van der Waals surface area (Å²) in [5.41, 5.74) is 0. The third kappa shape index (κ3) is 8.70. The van der Waals surface area contributed by atoms with Crippen molar-refractivity contribution in [2.24, 2.45) is 0 Å². The number of benzene rings is 2. The van der Waals surface area contributed by atoms with Crippen molar-refractivity contribution in [3.8, 4) is 0 Å². The molecule has 11 heteroatoms. The van der Waals surface area contributed by atoms with E-state index >= 15 is 0 Å². The van der Waals surface area contributed by atoms with Gasteiger partial charge in [-0.25, -0.2) is 16.8 Å². The summed E-state index contributed by atoms with van der Waals surface area (Å²) in [6.45, 7) is 0. The van der Waals surface area contributed by atoms with Crippen molar-refractivity contribution in [2.75, 3.05) is 0 Å². The van der Waals surface area contributed by atoms with Gasteiger partial charge in [0.15, 0.2) is 0 Å². The largest absolute Gasteiger partial charge is 2.00 e.